The lowest BCUT2D eigenvalue weighted by Crippen LogP contribution is -2.13. The lowest BCUT2D eigenvalue weighted by Gasteiger charge is -2.11. The molecule has 1 aromatic carbocycles. The van der Waals surface area contributed by atoms with Gasteiger partial charge in [0.05, 0.1) is 5.69 Å². The number of aromatic nitrogens is 2. The lowest BCUT2D eigenvalue weighted by molar-refractivity contribution is 0.0982. The third-order valence-corrected chi connectivity index (χ3v) is 3.67. The van der Waals surface area contributed by atoms with E-state index in [-0.39, 0.29) is 5.78 Å². The summed E-state index contributed by atoms with van der Waals surface area (Å²) in [7, 11) is 0. The molecule has 0 atom stereocenters. The van der Waals surface area contributed by atoms with E-state index in [9.17, 15) is 4.79 Å². The van der Waals surface area contributed by atoms with Crippen LogP contribution < -0.4 is 0 Å². The zero-order valence-corrected chi connectivity index (χ0v) is 12.9. The molecule has 0 aliphatic rings. The van der Waals surface area contributed by atoms with E-state index < -0.39 is 0 Å². The van der Waals surface area contributed by atoms with Gasteiger partial charge in [0.2, 0.25) is 0 Å². The van der Waals surface area contributed by atoms with Gasteiger partial charge < -0.3 is 0 Å². The van der Waals surface area contributed by atoms with Gasteiger partial charge in [-0.3, -0.25) is 9.48 Å². The Morgan fingerprint density at radius 2 is 1.70 bits per heavy atom. The smallest absolute Gasteiger partial charge is 0.185 e. The van der Waals surface area contributed by atoms with Crippen LogP contribution in [0, 0.1) is 27.7 Å². The van der Waals surface area contributed by atoms with Crippen LogP contribution in [0.25, 0.3) is 0 Å². The average molecular weight is 270 g/mol. The Morgan fingerprint density at radius 1 is 1.10 bits per heavy atom. The van der Waals surface area contributed by atoms with Gasteiger partial charge in [-0.1, -0.05) is 17.7 Å². The van der Waals surface area contributed by atoms with Crippen LogP contribution in [0.2, 0.25) is 0 Å². The third-order valence-electron chi connectivity index (χ3n) is 3.67. The molecule has 1 heterocycles. The third kappa shape index (κ3) is 2.82. The highest BCUT2D eigenvalue weighted by molar-refractivity contribution is 5.96. The molecule has 0 saturated carbocycles. The molecule has 0 aliphatic carbocycles. The van der Waals surface area contributed by atoms with Gasteiger partial charge >= 0.3 is 0 Å². The largest absolute Gasteiger partial charge is 0.292 e. The molecule has 0 unspecified atom stereocenters. The second-order valence-corrected chi connectivity index (χ2v) is 5.46. The number of carbonyl (C=O) groups excluding carboxylic acids is 1. The Labute approximate surface area is 120 Å². The molecule has 2 aromatic rings. The summed E-state index contributed by atoms with van der Waals surface area (Å²) in [5, 5.41) is 4.35. The molecule has 1 aromatic heterocycles. The molecule has 0 aliphatic heterocycles. The van der Waals surface area contributed by atoms with Crippen molar-refractivity contribution in [1.82, 2.24) is 9.78 Å². The van der Waals surface area contributed by atoms with Crippen LogP contribution >= 0.6 is 0 Å². The van der Waals surface area contributed by atoms with E-state index in [1.54, 1.807) is 4.68 Å². The molecular weight excluding hydrogens is 248 g/mol. The van der Waals surface area contributed by atoms with Crippen LogP contribution in [0.15, 0.2) is 18.2 Å². The van der Waals surface area contributed by atoms with Gasteiger partial charge in [-0.05, 0) is 57.4 Å². The Kier molecular flexibility index (Phi) is 4.07. The van der Waals surface area contributed by atoms with Crippen LogP contribution in [0.4, 0.5) is 0 Å². The van der Waals surface area contributed by atoms with Crippen molar-refractivity contribution in [3.8, 4) is 0 Å². The van der Waals surface area contributed by atoms with E-state index in [1.807, 2.05) is 19.9 Å². The predicted octanol–water partition coefficient (Wildman–Crippen LogP) is 3.56. The van der Waals surface area contributed by atoms with Gasteiger partial charge in [0.1, 0.15) is 5.69 Å². The SMILES string of the molecule is CCn1nc(C)cc1C(=O)Cc1c(C)cc(C)cc1C. The first-order chi connectivity index (χ1) is 9.42. The van der Waals surface area contributed by atoms with E-state index in [1.165, 1.54) is 16.7 Å². The van der Waals surface area contributed by atoms with E-state index in [4.69, 9.17) is 0 Å². The molecule has 0 amide bonds. The van der Waals surface area contributed by atoms with Crippen molar-refractivity contribution in [1.29, 1.82) is 0 Å². The first kappa shape index (κ1) is 14.5. The molecule has 0 saturated heterocycles. The number of ketones is 1. The van der Waals surface area contributed by atoms with Crippen molar-refractivity contribution < 1.29 is 4.79 Å². The summed E-state index contributed by atoms with van der Waals surface area (Å²) in [6, 6.07) is 6.15. The van der Waals surface area contributed by atoms with Crippen LogP contribution in [0.1, 0.15) is 45.4 Å². The summed E-state index contributed by atoms with van der Waals surface area (Å²) in [6.07, 6.45) is 0.447. The van der Waals surface area contributed by atoms with Gasteiger partial charge in [-0.25, -0.2) is 0 Å². The number of carbonyl (C=O) groups is 1. The number of hydrogen-bond acceptors (Lipinski definition) is 2. The Bertz CT molecular complexity index is 630. The molecule has 2 rings (SSSR count). The van der Waals surface area contributed by atoms with Gasteiger partial charge in [0.15, 0.2) is 5.78 Å². The zero-order valence-electron chi connectivity index (χ0n) is 12.9. The second-order valence-electron chi connectivity index (χ2n) is 5.46. The van der Waals surface area contributed by atoms with Crippen molar-refractivity contribution in [2.45, 2.75) is 47.6 Å². The Morgan fingerprint density at radius 3 is 2.25 bits per heavy atom. The molecule has 3 heteroatoms. The molecule has 0 fully saturated rings. The highest BCUT2D eigenvalue weighted by Crippen LogP contribution is 2.19. The normalized spacial score (nSPS) is 10.8. The maximum absolute atomic E-state index is 12.5. The highest BCUT2D eigenvalue weighted by Gasteiger charge is 2.16. The summed E-state index contributed by atoms with van der Waals surface area (Å²) < 4.78 is 1.79. The van der Waals surface area contributed by atoms with Crippen molar-refractivity contribution in [3.05, 3.63) is 51.8 Å². The molecule has 20 heavy (non-hydrogen) atoms. The quantitative estimate of drug-likeness (QED) is 0.796. The first-order valence-corrected chi connectivity index (χ1v) is 7.06. The van der Waals surface area contributed by atoms with E-state index >= 15 is 0 Å². The summed E-state index contributed by atoms with van der Waals surface area (Å²) in [4.78, 5) is 12.5. The number of Topliss-reactive ketones (excluding diaryl/α,β-unsaturated/α-hetero) is 1. The number of benzene rings is 1. The fraction of sp³-hybridized carbons (Fsp3) is 0.412. The van der Waals surface area contributed by atoms with Gasteiger partial charge in [-0.15, -0.1) is 0 Å². The number of rotatable bonds is 4. The molecule has 0 N–H and O–H groups in total. The maximum atomic E-state index is 12.5. The van der Waals surface area contributed by atoms with Crippen LogP contribution in [-0.2, 0) is 13.0 Å². The van der Waals surface area contributed by atoms with E-state index in [2.05, 4.69) is 38.0 Å². The minimum atomic E-state index is 0.141. The number of aryl methyl sites for hydroxylation is 5. The fourth-order valence-electron chi connectivity index (χ4n) is 2.75. The fourth-order valence-corrected chi connectivity index (χ4v) is 2.75. The second kappa shape index (κ2) is 5.61. The van der Waals surface area contributed by atoms with Crippen molar-refractivity contribution in [2.75, 3.05) is 0 Å². The standard InChI is InChI=1S/C17H22N2O/c1-6-19-16(9-14(5)18-19)17(20)10-15-12(3)7-11(2)8-13(15)4/h7-9H,6,10H2,1-5H3. The summed E-state index contributed by atoms with van der Waals surface area (Å²) in [6.45, 7) is 10.9. The number of hydrogen-bond donors (Lipinski definition) is 0. The van der Waals surface area contributed by atoms with Gasteiger partial charge in [0.25, 0.3) is 0 Å². The van der Waals surface area contributed by atoms with Crippen LogP contribution in [0.3, 0.4) is 0 Å². The van der Waals surface area contributed by atoms with Crippen LogP contribution in [0.5, 0.6) is 0 Å². The van der Waals surface area contributed by atoms with Crippen molar-refractivity contribution in [2.24, 2.45) is 0 Å². The molecule has 0 radical (unpaired) electrons. The minimum absolute atomic E-state index is 0.141. The van der Waals surface area contributed by atoms with Crippen molar-refractivity contribution in [3.63, 3.8) is 0 Å². The predicted molar refractivity (Wildman–Crippen MR) is 81.3 cm³/mol. The molecule has 0 spiro atoms. The van der Waals surface area contributed by atoms with E-state index in [0.29, 0.717) is 12.1 Å². The maximum Gasteiger partial charge on any atom is 0.185 e. The molecular formula is C17H22N2O. The Balaban J connectivity index is 2.32. The molecule has 3 nitrogen and oxygen atoms in total. The summed E-state index contributed by atoms with van der Waals surface area (Å²) >= 11 is 0. The van der Waals surface area contributed by atoms with Crippen LogP contribution in [-0.4, -0.2) is 15.6 Å². The van der Waals surface area contributed by atoms with Crippen molar-refractivity contribution >= 4 is 5.78 Å². The van der Waals surface area contributed by atoms with E-state index in [0.717, 1.165) is 17.8 Å². The zero-order chi connectivity index (χ0) is 14.9. The molecule has 0 bridgehead atoms. The summed E-state index contributed by atoms with van der Waals surface area (Å²) in [5.41, 5.74) is 6.37. The Hall–Kier alpha value is -1.90. The average Bonchev–Trinajstić information content (AvgIpc) is 2.75. The monoisotopic (exact) mass is 270 g/mol. The highest BCUT2D eigenvalue weighted by atomic mass is 16.1. The molecule has 106 valence electrons. The summed E-state index contributed by atoms with van der Waals surface area (Å²) in [5.74, 6) is 0.141. The first-order valence-electron chi connectivity index (χ1n) is 7.06. The van der Waals surface area contributed by atoms with Gasteiger partial charge in [0, 0.05) is 13.0 Å². The van der Waals surface area contributed by atoms with Gasteiger partial charge in [-0.2, -0.15) is 5.10 Å². The topological polar surface area (TPSA) is 34.9 Å². The number of nitrogens with zero attached hydrogens (tertiary/aromatic N) is 2. The minimum Gasteiger partial charge on any atom is -0.292 e. The lowest BCUT2D eigenvalue weighted by atomic mass is 9.95.